The van der Waals surface area contributed by atoms with Gasteiger partial charge in [-0.2, -0.15) is 0 Å². The van der Waals surface area contributed by atoms with E-state index in [1.54, 1.807) is 6.07 Å². The lowest BCUT2D eigenvalue weighted by molar-refractivity contribution is 0.227. The first kappa shape index (κ1) is 12.2. The van der Waals surface area contributed by atoms with Crippen LogP contribution < -0.4 is 10.5 Å². The second-order valence-electron chi connectivity index (χ2n) is 4.62. The van der Waals surface area contributed by atoms with Gasteiger partial charge in [0.2, 0.25) is 0 Å². The van der Waals surface area contributed by atoms with Crippen LogP contribution in [0.5, 0.6) is 5.75 Å². The molecule has 17 heavy (non-hydrogen) atoms. The van der Waals surface area contributed by atoms with Gasteiger partial charge in [0, 0.05) is 11.8 Å². The molecule has 5 heteroatoms. The topological polar surface area (TPSA) is 69.4 Å². The Hall–Kier alpha value is -1.23. The maximum atomic E-state index is 11.3. The van der Waals surface area contributed by atoms with Crippen LogP contribution in [0.4, 0.5) is 5.69 Å². The van der Waals surface area contributed by atoms with Crippen LogP contribution in [-0.4, -0.2) is 26.0 Å². The Morgan fingerprint density at radius 2 is 2.00 bits per heavy atom. The van der Waals surface area contributed by atoms with Gasteiger partial charge in [0.1, 0.15) is 11.9 Å². The van der Waals surface area contributed by atoms with Gasteiger partial charge in [-0.1, -0.05) is 6.07 Å². The van der Waals surface area contributed by atoms with E-state index in [1.165, 1.54) is 0 Å². The summed E-state index contributed by atoms with van der Waals surface area (Å²) in [4.78, 5) is 0. The molecule has 1 heterocycles. The van der Waals surface area contributed by atoms with E-state index >= 15 is 0 Å². The van der Waals surface area contributed by atoms with Crippen molar-refractivity contribution in [1.82, 2.24) is 0 Å². The number of hydrogen-bond donors (Lipinski definition) is 1. The Morgan fingerprint density at radius 3 is 2.59 bits per heavy atom. The van der Waals surface area contributed by atoms with Crippen molar-refractivity contribution in [3.05, 3.63) is 23.3 Å². The molecule has 1 saturated heterocycles. The normalized spacial score (nSPS) is 22.6. The van der Waals surface area contributed by atoms with Crippen LogP contribution in [0, 0.1) is 13.8 Å². The van der Waals surface area contributed by atoms with Crippen molar-refractivity contribution in [2.24, 2.45) is 0 Å². The Labute approximate surface area is 102 Å². The summed E-state index contributed by atoms with van der Waals surface area (Å²) in [5.41, 5.74) is 8.49. The monoisotopic (exact) mass is 255 g/mol. The average Bonchev–Trinajstić information content (AvgIpc) is 2.54. The highest BCUT2D eigenvalue weighted by atomic mass is 32.2. The number of anilines is 1. The summed E-state index contributed by atoms with van der Waals surface area (Å²) in [6.45, 7) is 3.87. The fraction of sp³-hybridized carbons (Fsp3) is 0.500. The molecular formula is C12H17NO3S. The molecule has 0 radical (unpaired) electrons. The van der Waals surface area contributed by atoms with Gasteiger partial charge in [0.25, 0.3) is 0 Å². The zero-order valence-electron chi connectivity index (χ0n) is 10.1. The van der Waals surface area contributed by atoms with Crippen LogP contribution in [-0.2, 0) is 9.84 Å². The highest BCUT2D eigenvalue weighted by Crippen LogP contribution is 2.27. The molecule has 0 aromatic heterocycles. The molecule has 1 aromatic carbocycles. The predicted octanol–water partition coefficient (Wildman–Crippen LogP) is 1.45. The zero-order chi connectivity index (χ0) is 12.6. The molecule has 0 bridgehead atoms. The molecular weight excluding hydrogens is 238 g/mol. The smallest absolute Gasteiger partial charge is 0.154 e. The number of aryl methyl sites for hydroxylation is 2. The standard InChI is InChI=1S/C12H17NO3S/c1-8-5-9(2)12(6-11(8)13)16-10-3-4-17(14,15)7-10/h5-6,10H,3-4,7,13H2,1-2H3. The third-order valence-corrected chi connectivity index (χ3v) is 4.79. The van der Waals surface area contributed by atoms with Crippen LogP contribution in [0.25, 0.3) is 0 Å². The van der Waals surface area contributed by atoms with E-state index < -0.39 is 9.84 Å². The third-order valence-electron chi connectivity index (χ3n) is 3.05. The second-order valence-corrected chi connectivity index (χ2v) is 6.85. The van der Waals surface area contributed by atoms with Crippen molar-refractivity contribution in [2.75, 3.05) is 17.2 Å². The molecule has 2 rings (SSSR count). The molecule has 0 aliphatic carbocycles. The molecule has 2 N–H and O–H groups in total. The minimum atomic E-state index is -2.90. The molecule has 0 saturated carbocycles. The highest BCUT2D eigenvalue weighted by Gasteiger charge is 2.29. The van der Waals surface area contributed by atoms with Gasteiger partial charge in [-0.3, -0.25) is 0 Å². The maximum Gasteiger partial charge on any atom is 0.154 e. The Morgan fingerprint density at radius 1 is 1.29 bits per heavy atom. The first-order valence-corrected chi connectivity index (χ1v) is 7.43. The number of ether oxygens (including phenoxy) is 1. The molecule has 1 aliphatic rings. The number of hydrogen-bond acceptors (Lipinski definition) is 4. The predicted molar refractivity (Wildman–Crippen MR) is 68.0 cm³/mol. The first-order chi connectivity index (χ1) is 7.87. The van der Waals surface area contributed by atoms with Crippen molar-refractivity contribution < 1.29 is 13.2 Å². The lowest BCUT2D eigenvalue weighted by Gasteiger charge is -2.15. The number of rotatable bonds is 2. The van der Waals surface area contributed by atoms with Gasteiger partial charge < -0.3 is 10.5 Å². The lowest BCUT2D eigenvalue weighted by atomic mass is 10.1. The van der Waals surface area contributed by atoms with Crippen molar-refractivity contribution in [2.45, 2.75) is 26.4 Å². The molecule has 1 aliphatic heterocycles. The zero-order valence-corrected chi connectivity index (χ0v) is 10.9. The summed E-state index contributed by atoms with van der Waals surface area (Å²) in [5.74, 6) is 1.02. The van der Waals surface area contributed by atoms with Gasteiger partial charge in [-0.15, -0.1) is 0 Å². The number of sulfone groups is 1. The summed E-state index contributed by atoms with van der Waals surface area (Å²) < 4.78 is 28.4. The van der Waals surface area contributed by atoms with Crippen LogP contribution in [0.15, 0.2) is 12.1 Å². The molecule has 1 aromatic rings. The fourth-order valence-corrected chi connectivity index (χ4v) is 3.60. The molecule has 4 nitrogen and oxygen atoms in total. The van der Waals surface area contributed by atoms with Gasteiger partial charge in [0.05, 0.1) is 11.5 Å². The Kier molecular flexibility index (Phi) is 3.03. The van der Waals surface area contributed by atoms with Crippen molar-refractivity contribution in [3.63, 3.8) is 0 Å². The van der Waals surface area contributed by atoms with E-state index in [-0.39, 0.29) is 17.6 Å². The Bertz CT molecular complexity index is 537. The highest BCUT2D eigenvalue weighted by molar-refractivity contribution is 7.91. The molecule has 94 valence electrons. The number of nitrogen functional groups attached to an aromatic ring is 1. The van der Waals surface area contributed by atoms with Crippen molar-refractivity contribution in [3.8, 4) is 5.75 Å². The summed E-state index contributed by atoms with van der Waals surface area (Å²) >= 11 is 0. The minimum Gasteiger partial charge on any atom is -0.489 e. The van der Waals surface area contributed by atoms with E-state index in [0.717, 1.165) is 11.1 Å². The van der Waals surface area contributed by atoms with Crippen LogP contribution in [0.2, 0.25) is 0 Å². The minimum absolute atomic E-state index is 0.111. The SMILES string of the molecule is Cc1cc(C)c(OC2CCS(=O)(=O)C2)cc1N. The van der Waals surface area contributed by atoms with Crippen molar-refractivity contribution in [1.29, 1.82) is 0 Å². The molecule has 1 fully saturated rings. The molecule has 0 spiro atoms. The Balaban J connectivity index is 2.17. The lowest BCUT2D eigenvalue weighted by Crippen LogP contribution is -2.18. The maximum absolute atomic E-state index is 11.3. The van der Waals surface area contributed by atoms with E-state index in [9.17, 15) is 8.42 Å². The van der Waals surface area contributed by atoms with Crippen LogP contribution >= 0.6 is 0 Å². The summed E-state index contributed by atoms with van der Waals surface area (Å²) in [6.07, 6.45) is 0.330. The third kappa shape index (κ3) is 2.72. The average molecular weight is 255 g/mol. The largest absolute Gasteiger partial charge is 0.489 e. The van der Waals surface area contributed by atoms with Gasteiger partial charge in [0.15, 0.2) is 9.84 Å². The summed E-state index contributed by atoms with van der Waals surface area (Å²) in [5, 5.41) is 0. The van der Waals surface area contributed by atoms with E-state index in [0.29, 0.717) is 17.9 Å². The number of nitrogens with two attached hydrogens (primary N) is 1. The quantitative estimate of drug-likeness (QED) is 0.812. The summed E-state index contributed by atoms with van der Waals surface area (Å²) in [6, 6.07) is 3.73. The van der Waals surface area contributed by atoms with Crippen LogP contribution in [0.3, 0.4) is 0 Å². The fourth-order valence-electron chi connectivity index (χ4n) is 2.01. The van der Waals surface area contributed by atoms with E-state index in [2.05, 4.69) is 0 Å². The van der Waals surface area contributed by atoms with Crippen molar-refractivity contribution >= 4 is 15.5 Å². The van der Waals surface area contributed by atoms with E-state index in [4.69, 9.17) is 10.5 Å². The van der Waals surface area contributed by atoms with Gasteiger partial charge >= 0.3 is 0 Å². The van der Waals surface area contributed by atoms with Crippen LogP contribution in [0.1, 0.15) is 17.5 Å². The molecule has 0 amide bonds. The van der Waals surface area contributed by atoms with Gasteiger partial charge in [-0.05, 0) is 31.4 Å². The second kappa shape index (κ2) is 4.22. The summed E-state index contributed by atoms with van der Waals surface area (Å²) in [7, 11) is -2.90. The molecule has 1 atom stereocenters. The number of benzene rings is 1. The molecule has 1 unspecified atom stereocenters. The first-order valence-electron chi connectivity index (χ1n) is 5.61. The van der Waals surface area contributed by atoms with E-state index in [1.807, 2.05) is 19.9 Å². The van der Waals surface area contributed by atoms with Gasteiger partial charge in [-0.25, -0.2) is 8.42 Å².